The molecule has 0 aliphatic rings. The first-order valence-corrected chi connectivity index (χ1v) is 10.2. The van der Waals surface area contributed by atoms with Crippen molar-refractivity contribution in [3.8, 4) is 17.1 Å². The van der Waals surface area contributed by atoms with E-state index in [9.17, 15) is 9.59 Å². The highest BCUT2D eigenvalue weighted by atomic mass is 16.5. The van der Waals surface area contributed by atoms with Crippen molar-refractivity contribution in [2.24, 2.45) is 0 Å². The van der Waals surface area contributed by atoms with Crippen LogP contribution < -0.4 is 10.1 Å². The van der Waals surface area contributed by atoms with Crippen LogP contribution in [0.3, 0.4) is 0 Å². The van der Waals surface area contributed by atoms with E-state index in [1.54, 1.807) is 48.8 Å². The summed E-state index contributed by atoms with van der Waals surface area (Å²) in [6.45, 7) is 3.85. The maximum atomic E-state index is 12.6. The van der Waals surface area contributed by atoms with Gasteiger partial charge in [0.15, 0.2) is 6.10 Å². The summed E-state index contributed by atoms with van der Waals surface area (Å²) in [6.07, 6.45) is 2.39. The number of carbonyl (C=O) groups excluding carboxylic acids is 2. The Hall–Kier alpha value is -4.20. The van der Waals surface area contributed by atoms with E-state index in [1.807, 2.05) is 25.1 Å². The Morgan fingerprint density at radius 3 is 2.75 bits per heavy atom. The number of carbonyl (C=O) groups is 2. The zero-order chi connectivity index (χ0) is 22.5. The van der Waals surface area contributed by atoms with Crippen LogP contribution in [0.2, 0.25) is 0 Å². The van der Waals surface area contributed by atoms with Crippen molar-refractivity contribution in [2.75, 3.05) is 11.9 Å². The topological polar surface area (TPSA) is 106 Å². The second kappa shape index (κ2) is 9.30. The number of hydrogen-bond donors (Lipinski definition) is 2. The number of esters is 1. The Labute approximate surface area is 184 Å². The van der Waals surface area contributed by atoms with Crippen molar-refractivity contribution >= 4 is 28.6 Å². The number of fused-ring (bicyclic) bond motifs is 1. The summed E-state index contributed by atoms with van der Waals surface area (Å²) in [4.78, 5) is 37.0. The molecular formula is C24H22N4O4. The highest BCUT2D eigenvalue weighted by Gasteiger charge is 2.21. The number of benzene rings is 2. The number of nitrogens with zero attached hydrogens (tertiary/aromatic N) is 2. The van der Waals surface area contributed by atoms with Crippen molar-refractivity contribution in [3.63, 3.8) is 0 Å². The summed E-state index contributed by atoms with van der Waals surface area (Å²) >= 11 is 0. The third-order valence-corrected chi connectivity index (χ3v) is 4.75. The number of aromatic nitrogens is 3. The molecule has 1 unspecified atom stereocenters. The number of ether oxygens (including phenoxy) is 2. The molecule has 162 valence electrons. The van der Waals surface area contributed by atoms with E-state index in [0.29, 0.717) is 40.5 Å². The molecule has 2 aromatic heterocycles. The molecule has 32 heavy (non-hydrogen) atoms. The van der Waals surface area contributed by atoms with Gasteiger partial charge in [-0.25, -0.2) is 9.78 Å². The third-order valence-electron chi connectivity index (χ3n) is 4.75. The summed E-state index contributed by atoms with van der Waals surface area (Å²) in [5.74, 6) is 0.146. The van der Waals surface area contributed by atoms with Crippen molar-refractivity contribution in [3.05, 3.63) is 72.6 Å². The van der Waals surface area contributed by atoms with E-state index in [0.717, 1.165) is 5.56 Å². The number of anilines is 1. The van der Waals surface area contributed by atoms with Crippen molar-refractivity contribution < 1.29 is 19.1 Å². The summed E-state index contributed by atoms with van der Waals surface area (Å²) in [6, 6.07) is 15.8. The molecule has 0 radical (unpaired) electrons. The van der Waals surface area contributed by atoms with Crippen LogP contribution in [0.1, 0.15) is 24.2 Å². The molecule has 1 amide bonds. The lowest BCUT2D eigenvalue weighted by Gasteiger charge is -2.15. The second-order valence-electron chi connectivity index (χ2n) is 7.02. The van der Waals surface area contributed by atoms with E-state index in [1.165, 1.54) is 6.92 Å². The number of H-pyrrole nitrogens is 1. The molecule has 0 aliphatic heterocycles. The van der Waals surface area contributed by atoms with Gasteiger partial charge >= 0.3 is 5.97 Å². The zero-order valence-electron chi connectivity index (χ0n) is 17.7. The quantitative estimate of drug-likeness (QED) is 0.426. The SMILES string of the molecule is CCOc1ccccc1NC(=O)C(C)OC(=O)c1ccc2nc(-c3cccnc3)[nH]c2c1. The van der Waals surface area contributed by atoms with Gasteiger partial charge in [-0.05, 0) is 56.3 Å². The fourth-order valence-corrected chi connectivity index (χ4v) is 3.14. The number of pyridine rings is 1. The molecule has 2 heterocycles. The maximum Gasteiger partial charge on any atom is 0.338 e. The van der Waals surface area contributed by atoms with Crippen LogP contribution in [0.25, 0.3) is 22.4 Å². The minimum Gasteiger partial charge on any atom is -0.492 e. The summed E-state index contributed by atoms with van der Waals surface area (Å²) in [7, 11) is 0. The fourth-order valence-electron chi connectivity index (χ4n) is 3.14. The van der Waals surface area contributed by atoms with Gasteiger partial charge in [0.1, 0.15) is 11.6 Å². The molecule has 4 rings (SSSR count). The highest BCUT2D eigenvalue weighted by Crippen LogP contribution is 2.24. The molecule has 8 heteroatoms. The predicted molar refractivity (Wildman–Crippen MR) is 120 cm³/mol. The molecule has 8 nitrogen and oxygen atoms in total. The molecule has 0 saturated heterocycles. The Morgan fingerprint density at radius 2 is 1.97 bits per heavy atom. The molecule has 2 aromatic carbocycles. The Bertz CT molecular complexity index is 1250. The van der Waals surface area contributed by atoms with Gasteiger partial charge in [0.05, 0.1) is 28.9 Å². The summed E-state index contributed by atoms with van der Waals surface area (Å²) in [5.41, 5.74) is 3.06. The zero-order valence-corrected chi connectivity index (χ0v) is 17.7. The lowest BCUT2D eigenvalue weighted by molar-refractivity contribution is -0.123. The number of hydrogen-bond acceptors (Lipinski definition) is 6. The summed E-state index contributed by atoms with van der Waals surface area (Å²) < 4.78 is 10.9. The number of nitrogens with one attached hydrogen (secondary N) is 2. The number of aromatic amines is 1. The van der Waals surface area contributed by atoms with Crippen LogP contribution in [0, 0.1) is 0 Å². The van der Waals surface area contributed by atoms with Gasteiger partial charge in [-0.15, -0.1) is 0 Å². The van der Waals surface area contributed by atoms with E-state index in [-0.39, 0.29) is 0 Å². The van der Waals surface area contributed by atoms with Gasteiger partial charge in [0.2, 0.25) is 0 Å². The fraction of sp³-hybridized carbons (Fsp3) is 0.167. The minimum atomic E-state index is -0.999. The standard InChI is InChI=1S/C24H22N4O4/c1-3-31-21-9-5-4-8-19(21)28-23(29)15(2)32-24(30)16-10-11-18-20(13-16)27-22(26-18)17-7-6-12-25-14-17/h4-15H,3H2,1-2H3,(H,26,27)(H,28,29). The molecule has 1 atom stereocenters. The smallest absolute Gasteiger partial charge is 0.338 e. The normalized spacial score (nSPS) is 11.7. The molecular weight excluding hydrogens is 408 g/mol. The van der Waals surface area contributed by atoms with Crippen molar-refractivity contribution in [1.29, 1.82) is 0 Å². The molecule has 0 aliphatic carbocycles. The van der Waals surface area contributed by atoms with Gasteiger partial charge in [0, 0.05) is 18.0 Å². The Balaban J connectivity index is 1.45. The van der Waals surface area contributed by atoms with Crippen LogP contribution in [-0.4, -0.2) is 39.5 Å². The van der Waals surface area contributed by atoms with Gasteiger partial charge < -0.3 is 19.8 Å². The van der Waals surface area contributed by atoms with E-state index >= 15 is 0 Å². The third kappa shape index (κ3) is 4.59. The van der Waals surface area contributed by atoms with E-state index < -0.39 is 18.0 Å². The lowest BCUT2D eigenvalue weighted by atomic mass is 10.2. The van der Waals surface area contributed by atoms with Gasteiger partial charge in [-0.3, -0.25) is 9.78 Å². The Morgan fingerprint density at radius 1 is 1.12 bits per heavy atom. The molecule has 4 aromatic rings. The predicted octanol–water partition coefficient (Wildman–Crippen LogP) is 4.21. The molecule has 0 spiro atoms. The average Bonchev–Trinajstić information content (AvgIpc) is 3.24. The summed E-state index contributed by atoms with van der Waals surface area (Å²) in [5, 5.41) is 2.74. The van der Waals surface area contributed by atoms with E-state index in [2.05, 4.69) is 20.3 Å². The maximum absolute atomic E-state index is 12.6. The highest BCUT2D eigenvalue weighted by molar-refractivity contribution is 5.99. The van der Waals surface area contributed by atoms with Crippen LogP contribution in [0.5, 0.6) is 5.75 Å². The second-order valence-corrected chi connectivity index (χ2v) is 7.02. The molecule has 0 fully saturated rings. The van der Waals surface area contributed by atoms with Crippen LogP contribution >= 0.6 is 0 Å². The first kappa shape index (κ1) is 21.0. The number of para-hydroxylation sites is 2. The first-order chi connectivity index (χ1) is 15.5. The van der Waals surface area contributed by atoms with Crippen LogP contribution in [0.15, 0.2) is 67.0 Å². The van der Waals surface area contributed by atoms with Crippen molar-refractivity contribution in [2.45, 2.75) is 20.0 Å². The number of amides is 1. The largest absolute Gasteiger partial charge is 0.492 e. The van der Waals surface area contributed by atoms with E-state index in [4.69, 9.17) is 9.47 Å². The number of imidazole rings is 1. The van der Waals surface area contributed by atoms with Gasteiger partial charge in [-0.2, -0.15) is 0 Å². The van der Waals surface area contributed by atoms with Crippen LogP contribution in [0.4, 0.5) is 5.69 Å². The molecule has 0 bridgehead atoms. The van der Waals surface area contributed by atoms with Crippen molar-refractivity contribution in [1.82, 2.24) is 15.0 Å². The monoisotopic (exact) mass is 430 g/mol. The molecule has 0 saturated carbocycles. The number of rotatable bonds is 7. The lowest BCUT2D eigenvalue weighted by Crippen LogP contribution is -2.30. The van der Waals surface area contributed by atoms with Crippen LogP contribution in [-0.2, 0) is 9.53 Å². The average molecular weight is 430 g/mol. The Kier molecular flexibility index (Phi) is 6.12. The van der Waals surface area contributed by atoms with Gasteiger partial charge in [0.25, 0.3) is 5.91 Å². The minimum absolute atomic E-state index is 0.313. The first-order valence-electron chi connectivity index (χ1n) is 10.2. The van der Waals surface area contributed by atoms with Gasteiger partial charge in [-0.1, -0.05) is 12.1 Å². The molecule has 2 N–H and O–H groups in total.